The molecule has 0 heterocycles. The van der Waals surface area contributed by atoms with Gasteiger partial charge in [-0.1, -0.05) is 42.5 Å². The number of fused-ring (bicyclic) bond motifs is 1. The van der Waals surface area contributed by atoms with Crippen LogP contribution < -0.4 is 14.8 Å². The van der Waals surface area contributed by atoms with Gasteiger partial charge in [-0.2, -0.15) is 0 Å². The molecular weight excluding hydrogens is 326 g/mol. The SMILES string of the molecule is COc1ccc(/C=C/C(=O)NCCOc2ccc3ccccc3c2)cc1. The highest BCUT2D eigenvalue weighted by atomic mass is 16.5. The Morgan fingerprint density at radius 2 is 1.69 bits per heavy atom. The number of carbonyl (C=O) groups is 1. The molecule has 3 aromatic carbocycles. The summed E-state index contributed by atoms with van der Waals surface area (Å²) in [6.45, 7) is 0.860. The first-order valence-corrected chi connectivity index (χ1v) is 8.46. The number of methoxy groups -OCH3 is 1. The van der Waals surface area contributed by atoms with Crippen LogP contribution in [0.15, 0.2) is 72.8 Å². The predicted molar refractivity (Wildman–Crippen MR) is 104 cm³/mol. The zero-order valence-corrected chi connectivity index (χ0v) is 14.6. The Morgan fingerprint density at radius 1 is 0.962 bits per heavy atom. The highest BCUT2D eigenvalue weighted by Gasteiger charge is 1.99. The van der Waals surface area contributed by atoms with Crippen LogP contribution in [-0.4, -0.2) is 26.2 Å². The first kappa shape index (κ1) is 17.5. The van der Waals surface area contributed by atoms with Crippen molar-refractivity contribution in [3.8, 4) is 11.5 Å². The van der Waals surface area contributed by atoms with Gasteiger partial charge in [-0.15, -0.1) is 0 Å². The number of carbonyl (C=O) groups excluding carboxylic acids is 1. The number of benzene rings is 3. The van der Waals surface area contributed by atoms with Crippen molar-refractivity contribution in [2.45, 2.75) is 0 Å². The number of nitrogens with one attached hydrogen (secondary N) is 1. The monoisotopic (exact) mass is 347 g/mol. The number of hydrogen-bond donors (Lipinski definition) is 1. The lowest BCUT2D eigenvalue weighted by Gasteiger charge is -2.07. The van der Waals surface area contributed by atoms with Crippen LogP contribution in [-0.2, 0) is 4.79 Å². The molecule has 0 radical (unpaired) electrons. The second-order valence-electron chi connectivity index (χ2n) is 5.75. The van der Waals surface area contributed by atoms with E-state index in [0.29, 0.717) is 13.2 Å². The van der Waals surface area contributed by atoms with Crippen LogP contribution >= 0.6 is 0 Å². The van der Waals surface area contributed by atoms with E-state index in [1.165, 1.54) is 11.5 Å². The van der Waals surface area contributed by atoms with Crippen LogP contribution in [0.4, 0.5) is 0 Å². The summed E-state index contributed by atoms with van der Waals surface area (Å²) in [6, 6.07) is 21.6. The Bertz CT molecular complexity index is 901. The van der Waals surface area contributed by atoms with Gasteiger partial charge in [0.1, 0.15) is 18.1 Å². The van der Waals surface area contributed by atoms with Gasteiger partial charge in [0.15, 0.2) is 0 Å². The minimum absolute atomic E-state index is 0.150. The fourth-order valence-corrected chi connectivity index (χ4v) is 2.55. The van der Waals surface area contributed by atoms with Crippen LogP contribution in [0.2, 0.25) is 0 Å². The van der Waals surface area contributed by atoms with Crippen molar-refractivity contribution < 1.29 is 14.3 Å². The van der Waals surface area contributed by atoms with Gasteiger partial charge in [0.05, 0.1) is 13.7 Å². The summed E-state index contributed by atoms with van der Waals surface area (Å²) < 4.78 is 10.8. The van der Waals surface area contributed by atoms with Crippen molar-refractivity contribution in [2.75, 3.05) is 20.3 Å². The van der Waals surface area contributed by atoms with Crippen LogP contribution in [0.3, 0.4) is 0 Å². The minimum Gasteiger partial charge on any atom is -0.497 e. The zero-order chi connectivity index (χ0) is 18.2. The van der Waals surface area contributed by atoms with E-state index >= 15 is 0 Å². The van der Waals surface area contributed by atoms with E-state index in [9.17, 15) is 4.79 Å². The predicted octanol–water partition coefficient (Wildman–Crippen LogP) is 4.06. The second-order valence-corrected chi connectivity index (χ2v) is 5.75. The lowest BCUT2D eigenvalue weighted by Crippen LogP contribution is -2.26. The van der Waals surface area contributed by atoms with Crippen LogP contribution in [0.1, 0.15) is 5.56 Å². The first-order valence-electron chi connectivity index (χ1n) is 8.46. The normalized spacial score (nSPS) is 10.8. The standard InChI is InChI=1S/C22H21NO3/c1-25-20-10-6-17(7-11-20)8-13-22(24)23-14-15-26-21-12-9-18-4-2-3-5-19(18)16-21/h2-13,16H,14-15H2,1H3,(H,23,24)/b13-8+. The van der Waals surface area contributed by atoms with Crippen molar-refractivity contribution in [2.24, 2.45) is 0 Å². The van der Waals surface area contributed by atoms with E-state index in [1.807, 2.05) is 60.7 Å². The van der Waals surface area contributed by atoms with E-state index in [0.717, 1.165) is 22.4 Å². The van der Waals surface area contributed by atoms with Gasteiger partial charge in [0, 0.05) is 6.08 Å². The molecule has 0 aliphatic carbocycles. The molecule has 0 fully saturated rings. The summed E-state index contributed by atoms with van der Waals surface area (Å²) in [5.74, 6) is 1.44. The Morgan fingerprint density at radius 3 is 2.46 bits per heavy atom. The number of rotatable bonds is 7. The van der Waals surface area contributed by atoms with Crippen LogP contribution in [0.5, 0.6) is 11.5 Å². The summed E-state index contributed by atoms with van der Waals surface area (Å²) in [6.07, 6.45) is 3.27. The lowest BCUT2D eigenvalue weighted by molar-refractivity contribution is -0.116. The number of ether oxygens (including phenoxy) is 2. The molecule has 0 bridgehead atoms. The third-order valence-corrected chi connectivity index (χ3v) is 3.93. The van der Waals surface area contributed by atoms with E-state index in [4.69, 9.17) is 9.47 Å². The molecule has 0 unspecified atom stereocenters. The molecule has 0 saturated heterocycles. The zero-order valence-electron chi connectivity index (χ0n) is 14.6. The fraction of sp³-hybridized carbons (Fsp3) is 0.136. The maximum absolute atomic E-state index is 11.8. The average Bonchev–Trinajstić information content (AvgIpc) is 2.70. The molecule has 26 heavy (non-hydrogen) atoms. The summed E-state index contributed by atoms with van der Waals surface area (Å²) >= 11 is 0. The summed E-state index contributed by atoms with van der Waals surface area (Å²) in [5, 5.41) is 5.12. The summed E-state index contributed by atoms with van der Waals surface area (Å²) in [5.41, 5.74) is 0.938. The van der Waals surface area contributed by atoms with E-state index < -0.39 is 0 Å². The molecule has 0 aliphatic rings. The Hall–Kier alpha value is -3.27. The van der Waals surface area contributed by atoms with Crippen molar-refractivity contribution in [1.82, 2.24) is 5.32 Å². The van der Waals surface area contributed by atoms with Crippen molar-refractivity contribution >= 4 is 22.8 Å². The Balaban J connectivity index is 1.43. The Labute approximate surface area is 153 Å². The molecule has 0 saturated carbocycles. The quantitative estimate of drug-likeness (QED) is 0.518. The molecule has 4 heteroatoms. The molecule has 0 spiro atoms. The van der Waals surface area contributed by atoms with Crippen LogP contribution in [0, 0.1) is 0 Å². The molecule has 1 N–H and O–H groups in total. The van der Waals surface area contributed by atoms with E-state index in [-0.39, 0.29) is 5.91 Å². The molecule has 0 aromatic heterocycles. The van der Waals surface area contributed by atoms with E-state index in [1.54, 1.807) is 13.2 Å². The molecule has 132 valence electrons. The van der Waals surface area contributed by atoms with Crippen molar-refractivity contribution in [1.29, 1.82) is 0 Å². The summed E-state index contributed by atoms with van der Waals surface area (Å²) in [7, 11) is 1.62. The van der Waals surface area contributed by atoms with Gasteiger partial charge in [-0.3, -0.25) is 4.79 Å². The fourth-order valence-electron chi connectivity index (χ4n) is 2.55. The van der Waals surface area contributed by atoms with Gasteiger partial charge < -0.3 is 14.8 Å². The molecule has 3 rings (SSSR count). The third-order valence-electron chi connectivity index (χ3n) is 3.93. The van der Waals surface area contributed by atoms with Gasteiger partial charge >= 0.3 is 0 Å². The molecule has 1 amide bonds. The number of amides is 1. The highest BCUT2D eigenvalue weighted by molar-refractivity contribution is 5.91. The molecular formula is C22H21NO3. The van der Waals surface area contributed by atoms with Gasteiger partial charge in [-0.25, -0.2) is 0 Å². The molecule has 4 nitrogen and oxygen atoms in total. The smallest absolute Gasteiger partial charge is 0.244 e. The maximum Gasteiger partial charge on any atom is 0.244 e. The first-order chi connectivity index (χ1) is 12.7. The van der Waals surface area contributed by atoms with Gasteiger partial charge in [0.25, 0.3) is 0 Å². The van der Waals surface area contributed by atoms with Crippen molar-refractivity contribution in [3.63, 3.8) is 0 Å². The maximum atomic E-state index is 11.8. The molecule has 0 atom stereocenters. The largest absolute Gasteiger partial charge is 0.497 e. The summed E-state index contributed by atoms with van der Waals surface area (Å²) in [4.78, 5) is 11.8. The van der Waals surface area contributed by atoms with E-state index in [2.05, 4.69) is 11.4 Å². The van der Waals surface area contributed by atoms with Crippen molar-refractivity contribution in [3.05, 3.63) is 78.4 Å². The second kappa shape index (κ2) is 8.72. The Kier molecular flexibility index (Phi) is 5.88. The number of hydrogen-bond acceptors (Lipinski definition) is 3. The highest BCUT2D eigenvalue weighted by Crippen LogP contribution is 2.20. The topological polar surface area (TPSA) is 47.6 Å². The minimum atomic E-state index is -0.150. The molecule has 0 aliphatic heterocycles. The third kappa shape index (κ3) is 4.86. The lowest BCUT2D eigenvalue weighted by atomic mass is 10.1. The average molecular weight is 347 g/mol. The van der Waals surface area contributed by atoms with Crippen LogP contribution in [0.25, 0.3) is 16.8 Å². The van der Waals surface area contributed by atoms with Gasteiger partial charge in [-0.05, 0) is 46.7 Å². The molecule has 3 aromatic rings. The van der Waals surface area contributed by atoms with Gasteiger partial charge in [0.2, 0.25) is 5.91 Å².